The van der Waals surface area contributed by atoms with E-state index in [9.17, 15) is 34.6 Å². The smallest absolute Gasteiger partial charge is 0.329 e. The highest BCUT2D eigenvalue weighted by Gasteiger charge is 2.43. The Kier molecular flexibility index (Phi) is 16.4. The van der Waals surface area contributed by atoms with Crippen LogP contribution in [0.15, 0.2) is 46.0 Å². The van der Waals surface area contributed by atoms with Gasteiger partial charge in [0.2, 0.25) is 23.6 Å². The number of thioether (sulfide) groups is 1. The summed E-state index contributed by atoms with van der Waals surface area (Å²) in [7, 11) is 4.39. The first kappa shape index (κ1) is 47.1. The van der Waals surface area contributed by atoms with Crippen LogP contribution < -0.4 is 10.1 Å². The molecule has 16 nitrogen and oxygen atoms in total. The van der Waals surface area contributed by atoms with E-state index in [1.165, 1.54) is 42.6 Å². The first-order chi connectivity index (χ1) is 27.8. The van der Waals surface area contributed by atoms with Gasteiger partial charge in [-0.15, -0.1) is 11.8 Å². The third-order valence-electron chi connectivity index (χ3n) is 11.7. The maximum atomic E-state index is 14.3. The van der Waals surface area contributed by atoms with Crippen LogP contribution in [0, 0.1) is 17.3 Å². The standard InChI is InChI=1S/C42H62N8O8S/c1-24-18-34(51)26(3)37-45-29(23-59-37)20-25(2)36(52)46-31(21-28-13-15-30(57-10)16-14-28)39(54)48(8)27(4)38(53)49(9)33(22-44-47-43)40(55)50-17-11-12-32(50)41(56)58-35(19-24)42(5,6)7/h13-16,20,24,26-27,29,31-35,51H,11-12,17-19,21-23H2,1-10H3,(H,46,52)/b25-20+/t24-,26-,27-,29-,31-,32-,33?,34-,35?/m0/s1. The van der Waals surface area contributed by atoms with Crippen molar-refractivity contribution in [2.24, 2.45) is 27.4 Å². The third-order valence-corrected chi connectivity index (χ3v) is 12.9. The number of likely N-dealkylation sites (N-methyl/N-ethyl adjacent to an activating group) is 2. The maximum Gasteiger partial charge on any atom is 0.329 e. The zero-order valence-electron chi connectivity index (χ0n) is 36.1. The average molecular weight is 839 g/mol. The van der Waals surface area contributed by atoms with Crippen LogP contribution in [-0.4, -0.2) is 137 Å². The van der Waals surface area contributed by atoms with Crippen molar-refractivity contribution in [3.8, 4) is 5.75 Å². The van der Waals surface area contributed by atoms with Gasteiger partial charge >= 0.3 is 5.97 Å². The lowest BCUT2D eigenvalue weighted by Gasteiger charge is -2.37. The molecule has 1 fully saturated rings. The quantitative estimate of drug-likeness (QED) is 0.185. The molecule has 2 N–H and O–H groups in total. The van der Waals surface area contributed by atoms with Crippen molar-refractivity contribution >= 4 is 46.4 Å². The van der Waals surface area contributed by atoms with E-state index in [-0.39, 0.29) is 30.8 Å². The number of aliphatic hydroxyl groups is 1. The molecule has 9 atom stereocenters. The number of rotatable bonds is 5. The van der Waals surface area contributed by atoms with E-state index in [4.69, 9.17) is 14.5 Å². The number of hydrogen-bond donors (Lipinski definition) is 2. The largest absolute Gasteiger partial charge is 0.497 e. The summed E-state index contributed by atoms with van der Waals surface area (Å²) in [4.78, 5) is 81.9. The molecule has 0 saturated carbocycles. The number of carbonyl (C=O) groups excluding carboxylic acids is 5. The van der Waals surface area contributed by atoms with Crippen molar-refractivity contribution < 1.29 is 38.6 Å². The molecule has 1 saturated heterocycles. The number of cyclic esters (lactones) is 1. The van der Waals surface area contributed by atoms with E-state index in [0.29, 0.717) is 42.8 Å². The molecular weight excluding hydrogens is 777 g/mol. The molecule has 3 aliphatic rings. The van der Waals surface area contributed by atoms with Crippen molar-refractivity contribution in [3.05, 3.63) is 51.9 Å². The van der Waals surface area contributed by atoms with Crippen molar-refractivity contribution in [1.29, 1.82) is 0 Å². The fourth-order valence-electron chi connectivity index (χ4n) is 7.61. The molecule has 4 amide bonds. The maximum absolute atomic E-state index is 14.3. The molecule has 0 spiro atoms. The molecule has 0 aliphatic carbocycles. The van der Waals surface area contributed by atoms with Gasteiger partial charge in [0.15, 0.2) is 0 Å². The lowest BCUT2D eigenvalue weighted by Crippen LogP contribution is -2.58. The van der Waals surface area contributed by atoms with Crippen LogP contribution in [0.4, 0.5) is 0 Å². The molecule has 0 aromatic heterocycles. The summed E-state index contributed by atoms with van der Waals surface area (Å²) >= 11 is 1.54. The molecule has 1 aromatic carbocycles. The van der Waals surface area contributed by atoms with Gasteiger partial charge in [-0.05, 0) is 74.1 Å². The minimum Gasteiger partial charge on any atom is -0.497 e. The van der Waals surface area contributed by atoms with E-state index < -0.39 is 77.9 Å². The van der Waals surface area contributed by atoms with Crippen LogP contribution in [0.2, 0.25) is 0 Å². The van der Waals surface area contributed by atoms with Crippen LogP contribution in [0.3, 0.4) is 0 Å². The van der Waals surface area contributed by atoms with Crippen LogP contribution >= 0.6 is 11.8 Å². The van der Waals surface area contributed by atoms with E-state index in [0.717, 1.165) is 15.5 Å². The first-order valence-electron chi connectivity index (χ1n) is 20.3. The van der Waals surface area contributed by atoms with Gasteiger partial charge in [0.1, 0.15) is 36.0 Å². The predicted molar refractivity (Wildman–Crippen MR) is 227 cm³/mol. The number of amides is 4. The number of methoxy groups -OCH3 is 1. The number of carbonyl (C=O) groups is 5. The van der Waals surface area contributed by atoms with Gasteiger partial charge in [0.25, 0.3) is 0 Å². The summed E-state index contributed by atoms with van der Waals surface area (Å²) in [6.07, 6.45) is 2.36. The Labute approximate surface area is 352 Å². The van der Waals surface area contributed by atoms with Gasteiger partial charge in [0, 0.05) is 49.2 Å². The molecule has 2 unspecified atom stereocenters. The molecule has 3 heterocycles. The van der Waals surface area contributed by atoms with Crippen LogP contribution in [0.5, 0.6) is 5.75 Å². The summed E-state index contributed by atoms with van der Waals surface area (Å²) in [6.45, 7) is 12.9. The zero-order chi connectivity index (χ0) is 43.8. The number of nitrogens with zero attached hydrogens (tertiary/aromatic N) is 7. The summed E-state index contributed by atoms with van der Waals surface area (Å²) in [5.74, 6) is -1.91. The summed E-state index contributed by atoms with van der Waals surface area (Å²) in [5, 5.41) is 18.7. The second-order valence-corrected chi connectivity index (χ2v) is 18.2. The molecule has 1 aromatic rings. The molecular formula is C42H62N8O8S. The Bertz CT molecular complexity index is 1810. The Balaban J connectivity index is 1.74. The number of azide groups is 1. The number of fused-ring (bicyclic) bond motifs is 2. The summed E-state index contributed by atoms with van der Waals surface area (Å²) < 4.78 is 11.5. The van der Waals surface area contributed by atoms with Crippen molar-refractivity contribution in [2.75, 3.05) is 40.0 Å². The van der Waals surface area contributed by atoms with Gasteiger partial charge in [-0.25, -0.2) is 4.79 Å². The third kappa shape index (κ3) is 12.0. The second-order valence-electron chi connectivity index (χ2n) is 17.2. The number of ether oxygens (including phenoxy) is 2. The Morgan fingerprint density at radius 2 is 1.71 bits per heavy atom. The monoisotopic (exact) mass is 838 g/mol. The SMILES string of the molecule is COc1ccc(C[C@@H]2NC(=O)/C(C)=C/[C@H]3CSC(=N3)[C@@H](C)[C@@H](O)C[C@H](C)CC(C(C)(C)C)OC(=O)[C@@H]3CCCN3C(=O)C(CN=[N+]=[N-])N(C)C(=O)[C@H](C)N(C)C2=O)cc1. The normalized spacial score (nSPS) is 30.9. The molecule has 324 valence electrons. The minimum atomic E-state index is -1.28. The number of aliphatic hydroxyl groups excluding tert-OH is 1. The van der Waals surface area contributed by atoms with E-state index in [1.807, 2.05) is 34.6 Å². The van der Waals surface area contributed by atoms with Crippen LogP contribution in [-0.2, 0) is 35.1 Å². The first-order valence-corrected chi connectivity index (χ1v) is 21.3. The van der Waals surface area contributed by atoms with E-state index in [1.54, 1.807) is 44.4 Å². The van der Waals surface area contributed by atoms with Gasteiger partial charge < -0.3 is 34.6 Å². The van der Waals surface area contributed by atoms with Crippen molar-refractivity contribution in [3.63, 3.8) is 0 Å². The number of hydrogen-bond acceptors (Lipinski definition) is 11. The second kappa shape index (κ2) is 20.6. The summed E-state index contributed by atoms with van der Waals surface area (Å²) in [5.41, 5.74) is 9.88. The fraction of sp³-hybridized carbons (Fsp3) is 0.667. The fourth-order valence-corrected chi connectivity index (χ4v) is 8.76. The van der Waals surface area contributed by atoms with Gasteiger partial charge in [-0.1, -0.05) is 57.9 Å². The molecule has 3 aliphatic heterocycles. The van der Waals surface area contributed by atoms with Gasteiger partial charge in [-0.2, -0.15) is 0 Å². The van der Waals surface area contributed by atoms with Crippen molar-refractivity contribution in [1.82, 2.24) is 20.0 Å². The molecule has 2 bridgehead atoms. The van der Waals surface area contributed by atoms with Crippen molar-refractivity contribution in [2.45, 2.75) is 123 Å². The molecule has 59 heavy (non-hydrogen) atoms. The molecule has 0 radical (unpaired) electrons. The zero-order valence-corrected chi connectivity index (χ0v) is 36.9. The molecule has 17 heteroatoms. The highest BCUT2D eigenvalue weighted by Crippen LogP contribution is 2.34. The lowest BCUT2D eigenvalue weighted by molar-refractivity contribution is -0.165. The average Bonchev–Trinajstić information content (AvgIpc) is 3.89. The van der Waals surface area contributed by atoms with Crippen LogP contribution in [0.1, 0.15) is 79.7 Å². The van der Waals surface area contributed by atoms with E-state index >= 15 is 0 Å². The highest BCUT2D eigenvalue weighted by molar-refractivity contribution is 8.14. The number of aliphatic imine (C=N–C) groups is 1. The predicted octanol–water partition coefficient (Wildman–Crippen LogP) is 4.54. The van der Waals surface area contributed by atoms with E-state index in [2.05, 4.69) is 15.3 Å². The van der Waals surface area contributed by atoms with Gasteiger partial charge in [0.05, 0.1) is 30.8 Å². The Hall–Kier alpha value is -4.60. The molecule has 4 rings (SSSR count). The van der Waals surface area contributed by atoms with Crippen LogP contribution in [0.25, 0.3) is 10.4 Å². The minimum absolute atomic E-state index is 0.0459. The number of benzene rings is 1. The Morgan fingerprint density at radius 3 is 2.34 bits per heavy atom. The topological polar surface area (TPSA) is 207 Å². The summed E-state index contributed by atoms with van der Waals surface area (Å²) in [6, 6.07) is 2.33. The number of nitrogens with one attached hydrogen (secondary N) is 1. The van der Waals surface area contributed by atoms with Gasteiger partial charge in [-0.3, -0.25) is 24.2 Å². The Morgan fingerprint density at radius 1 is 1.03 bits per heavy atom. The number of esters is 1. The highest BCUT2D eigenvalue weighted by atomic mass is 32.2. The lowest BCUT2D eigenvalue weighted by atomic mass is 9.81.